The van der Waals surface area contributed by atoms with Crippen LogP contribution in [0.2, 0.25) is 0 Å². The highest BCUT2D eigenvalue weighted by Gasteiger charge is 2.23. The van der Waals surface area contributed by atoms with Crippen molar-refractivity contribution in [1.82, 2.24) is 4.72 Å². The van der Waals surface area contributed by atoms with Crippen molar-refractivity contribution in [2.24, 2.45) is 5.41 Å². The number of aldehydes is 1. The van der Waals surface area contributed by atoms with Crippen LogP contribution >= 0.6 is 0 Å². The molecule has 0 radical (unpaired) electrons. The van der Waals surface area contributed by atoms with Gasteiger partial charge in [0.05, 0.1) is 10.9 Å². The summed E-state index contributed by atoms with van der Waals surface area (Å²) in [6.07, 6.45) is 0.904. The van der Waals surface area contributed by atoms with E-state index in [1.807, 2.05) is 32.9 Å². The van der Waals surface area contributed by atoms with Gasteiger partial charge >= 0.3 is 0 Å². The summed E-state index contributed by atoms with van der Waals surface area (Å²) in [5.41, 5.74) is 0.628. The fourth-order valence-electron chi connectivity index (χ4n) is 1.45. The summed E-state index contributed by atoms with van der Waals surface area (Å²) in [7, 11) is 0.422. The number of anilines is 1. The van der Waals surface area contributed by atoms with Crippen LogP contribution in [0.5, 0.6) is 0 Å². The molecule has 0 amide bonds. The molecule has 1 aromatic rings. The van der Waals surface area contributed by atoms with Gasteiger partial charge in [0.2, 0.25) is 0 Å². The Morgan fingerprint density at radius 3 is 2.50 bits per heavy atom. The molecule has 0 aliphatic carbocycles. The lowest BCUT2D eigenvalue weighted by molar-refractivity contribution is -0.110. The monoisotopic (exact) mass is 268 g/mol. The number of hydrogen-bond donors (Lipinski definition) is 2. The van der Waals surface area contributed by atoms with Crippen LogP contribution in [0.1, 0.15) is 20.8 Å². The largest absolute Gasteiger partial charge is 0.375 e. The maximum Gasteiger partial charge on any atom is 0.142 e. The summed E-state index contributed by atoms with van der Waals surface area (Å²) in [6, 6.07) is 6.96. The molecule has 2 atom stereocenters. The molecule has 0 saturated carbocycles. The van der Waals surface area contributed by atoms with Crippen LogP contribution in [0.25, 0.3) is 0 Å². The van der Waals surface area contributed by atoms with Gasteiger partial charge in [-0.15, -0.1) is 0 Å². The van der Waals surface area contributed by atoms with E-state index in [-0.39, 0.29) is 11.5 Å². The van der Waals surface area contributed by atoms with E-state index in [1.54, 1.807) is 19.2 Å². The first kappa shape index (κ1) is 14.9. The minimum atomic E-state index is -1.22. The highest BCUT2D eigenvalue weighted by atomic mass is 32.2. The molecule has 2 unspecified atom stereocenters. The molecule has 0 fully saturated rings. The molecule has 100 valence electrons. The van der Waals surface area contributed by atoms with Crippen molar-refractivity contribution in [3.8, 4) is 0 Å². The molecular formula is C13H20N2O2S. The van der Waals surface area contributed by atoms with Crippen molar-refractivity contribution in [2.45, 2.75) is 31.7 Å². The van der Waals surface area contributed by atoms with Crippen LogP contribution in [0.4, 0.5) is 5.69 Å². The van der Waals surface area contributed by atoms with Gasteiger partial charge in [-0.1, -0.05) is 26.8 Å². The Bertz CT molecular complexity index is 441. The Labute approximate surface area is 111 Å². The topological polar surface area (TPSA) is 58.2 Å². The number of hydrogen-bond acceptors (Lipinski definition) is 3. The van der Waals surface area contributed by atoms with Crippen molar-refractivity contribution < 1.29 is 9.00 Å². The molecule has 1 aromatic carbocycles. The lowest BCUT2D eigenvalue weighted by atomic mass is 9.87. The Hall–Kier alpha value is -1.20. The SMILES string of the molecule is CNS(=O)c1cccc(NC(C=O)C(C)(C)C)c1. The summed E-state index contributed by atoms with van der Waals surface area (Å²) >= 11 is 0. The van der Waals surface area contributed by atoms with Crippen molar-refractivity contribution in [1.29, 1.82) is 0 Å². The van der Waals surface area contributed by atoms with Gasteiger partial charge in [-0.25, -0.2) is 8.93 Å². The van der Waals surface area contributed by atoms with Crippen LogP contribution in [0, 0.1) is 5.41 Å². The summed E-state index contributed by atoms with van der Waals surface area (Å²) in [4.78, 5) is 11.8. The van der Waals surface area contributed by atoms with E-state index >= 15 is 0 Å². The van der Waals surface area contributed by atoms with Crippen LogP contribution in [0.15, 0.2) is 29.2 Å². The fraction of sp³-hybridized carbons (Fsp3) is 0.462. The normalized spacial score (nSPS) is 14.9. The van der Waals surface area contributed by atoms with Gasteiger partial charge in [0.1, 0.15) is 17.3 Å². The molecule has 0 aromatic heterocycles. The van der Waals surface area contributed by atoms with Gasteiger partial charge in [0.25, 0.3) is 0 Å². The van der Waals surface area contributed by atoms with Crippen LogP contribution in [-0.2, 0) is 15.8 Å². The van der Waals surface area contributed by atoms with E-state index in [9.17, 15) is 9.00 Å². The van der Waals surface area contributed by atoms with Crippen molar-refractivity contribution >= 4 is 23.0 Å². The van der Waals surface area contributed by atoms with Gasteiger partial charge in [-0.3, -0.25) is 0 Å². The summed E-state index contributed by atoms with van der Waals surface area (Å²) < 4.78 is 14.3. The molecule has 2 N–H and O–H groups in total. The standard InChI is InChI=1S/C13H20N2O2S/c1-13(2,3)12(9-16)15-10-6-5-7-11(8-10)18(17)14-4/h5-9,12,14-15H,1-4H3. The molecule has 0 saturated heterocycles. The Morgan fingerprint density at radius 2 is 2.00 bits per heavy atom. The van der Waals surface area contributed by atoms with E-state index in [2.05, 4.69) is 10.0 Å². The molecule has 1 rings (SSSR count). The fourth-order valence-corrected chi connectivity index (χ4v) is 2.13. The summed E-state index contributed by atoms with van der Waals surface area (Å²) in [6.45, 7) is 5.98. The number of carbonyl (C=O) groups is 1. The average Bonchev–Trinajstić information content (AvgIpc) is 2.33. The zero-order chi connectivity index (χ0) is 13.8. The molecule has 0 heterocycles. The van der Waals surface area contributed by atoms with Crippen LogP contribution in [0.3, 0.4) is 0 Å². The predicted octanol–water partition coefficient (Wildman–Crippen LogP) is 1.95. The van der Waals surface area contributed by atoms with Gasteiger partial charge in [0.15, 0.2) is 0 Å². The molecule has 4 nitrogen and oxygen atoms in total. The van der Waals surface area contributed by atoms with Crippen molar-refractivity contribution in [2.75, 3.05) is 12.4 Å². The van der Waals surface area contributed by atoms with Gasteiger partial charge < -0.3 is 10.1 Å². The second kappa shape index (κ2) is 6.11. The summed E-state index contributed by atoms with van der Waals surface area (Å²) in [5.74, 6) is 0. The third kappa shape index (κ3) is 3.92. The van der Waals surface area contributed by atoms with Gasteiger partial charge in [0, 0.05) is 5.69 Å². The number of benzene rings is 1. The molecule has 0 aliphatic rings. The first-order valence-electron chi connectivity index (χ1n) is 5.79. The number of rotatable bonds is 5. The minimum absolute atomic E-state index is 0.167. The molecule has 0 aliphatic heterocycles. The molecule has 5 heteroatoms. The number of nitrogens with one attached hydrogen (secondary N) is 2. The Morgan fingerprint density at radius 1 is 1.33 bits per heavy atom. The van der Waals surface area contributed by atoms with Crippen LogP contribution < -0.4 is 10.0 Å². The smallest absolute Gasteiger partial charge is 0.142 e. The summed E-state index contributed by atoms with van der Waals surface area (Å²) in [5, 5.41) is 3.16. The van der Waals surface area contributed by atoms with E-state index < -0.39 is 11.0 Å². The maximum absolute atomic E-state index is 11.6. The van der Waals surface area contributed by atoms with Crippen molar-refractivity contribution in [3.63, 3.8) is 0 Å². The van der Waals surface area contributed by atoms with E-state index in [0.29, 0.717) is 4.90 Å². The van der Waals surface area contributed by atoms with Crippen molar-refractivity contribution in [3.05, 3.63) is 24.3 Å². The van der Waals surface area contributed by atoms with E-state index in [1.165, 1.54) is 0 Å². The molecule has 0 spiro atoms. The lowest BCUT2D eigenvalue weighted by Gasteiger charge is -2.27. The Balaban J connectivity index is 2.91. The molecule has 18 heavy (non-hydrogen) atoms. The minimum Gasteiger partial charge on any atom is -0.375 e. The average molecular weight is 268 g/mol. The van der Waals surface area contributed by atoms with Gasteiger partial charge in [-0.2, -0.15) is 0 Å². The lowest BCUT2D eigenvalue weighted by Crippen LogP contribution is -2.35. The first-order valence-corrected chi connectivity index (χ1v) is 6.94. The predicted molar refractivity (Wildman–Crippen MR) is 74.8 cm³/mol. The highest BCUT2D eigenvalue weighted by molar-refractivity contribution is 7.83. The zero-order valence-corrected chi connectivity index (χ0v) is 12.0. The third-order valence-corrected chi connectivity index (χ3v) is 3.68. The zero-order valence-electron chi connectivity index (χ0n) is 11.2. The van der Waals surface area contributed by atoms with E-state index in [4.69, 9.17) is 0 Å². The Kier molecular flexibility index (Phi) is 5.04. The molecular weight excluding hydrogens is 248 g/mol. The van der Waals surface area contributed by atoms with E-state index in [0.717, 1.165) is 12.0 Å². The third-order valence-electron chi connectivity index (χ3n) is 2.62. The first-order chi connectivity index (χ1) is 8.38. The second-order valence-electron chi connectivity index (χ2n) is 5.12. The molecule has 0 bridgehead atoms. The quantitative estimate of drug-likeness (QED) is 0.803. The second-order valence-corrected chi connectivity index (χ2v) is 6.54. The van der Waals surface area contributed by atoms with Gasteiger partial charge in [-0.05, 0) is 30.7 Å². The highest BCUT2D eigenvalue weighted by Crippen LogP contribution is 2.22. The maximum atomic E-state index is 11.6. The number of carbonyl (C=O) groups excluding carboxylic acids is 1. The van der Waals surface area contributed by atoms with Crippen LogP contribution in [-0.4, -0.2) is 23.6 Å².